The van der Waals surface area contributed by atoms with E-state index in [1.54, 1.807) is 0 Å². The standard InChI is InChI=1S/C21H43N3O3/c1-4-5-6-7-8-9-10-11-12-13-15-23-19(18-20(22)25)21(26)27-17-14-16-24(2)3/h19,23H,4-18H2,1-3H3,(H2,22,25). The van der Waals surface area contributed by atoms with Gasteiger partial charge in [0.2, 0.25) is 5.91 Å². The minimum Gasteiger partial charge on any atom is -0.464 e. The molecule has 0 heterocycles. The van der Waals surface area contributed by atoms with Gasteiger partial charge < -0.3 is 20.7 Å². The molecule has 0 radical (unpaired) electrons. The molecule has 3 N–H and O–H groups in total. The Labute approximate surface area is 166 Å². The Morgan fingerprint density at radius 2 is 1.48 bits per heavy atom. The van der Waals surface area contributed by atoms with Crippen molar-refractivity contribution in [2.45, 2.75) is 90.0 Å². The molecule has 1 atom stereocenters. The molecule has 1 unspecified atom stereocenters. The molecule has 1 amide bonds. The molecule has 6 heteroatoms. The largest absolute Gasteiger partial charge is 0.464 e. The molecule has 0 aliphatic heterocycles. The van der Waals surface area contributed by atoms with Crippen LogP contribution in [0.2, 0.25) is 0 Å². The SMILES string of the molecule is CCCCCCCCCCCCNC(CC(N)=O)C(=O)OCCCN(C)C. The molecular formula is C21H43N3O3. The van der Waals surface area contributed by atoms with Crippen LogP contribution in [0.4, 0.5) is 0 Å². The van der Waals surface area contributed by atoms with E-state index in [0.29, 0.717) is 13.2 Å². The summed E-state index contributed by atoms with van der Waals surface area (Å²) >= 11 is 0. The number of nitrogens with zero attached hydrogens (tertiary/aromatic N) is 1. The van der Waals surface area contributed by atoms with E-state index in [1.165, 1.54) is 51.4 Å². The molecule has 27 heavy (non-hydrogen) atoms. The zero-order valence-electron chi connectivity index (χ0n) is 17.9. The lowest BCUT2D eigenvalue weighted by atomic mass is 10.1. The first-order valence-electron chi connectivity index (χ1n) is 10.8. The Hall–Kier alpha value is -1.14. The molecule has 0 saturated carbocycles. The average molecular weight is 386 g/mol. The minimum absolute atomic E-state index is 0.00965. The molecule has 0 saturated heterocycles. The maximum Gasteiger partial charge on any atom is 0.323 e. The molecule has 160 valence electrons. The number of esters is 1. The smallest absolute Gasteiger partial charge is 0.323 e. The fourth-order valence-corrected chi connectivity index (χ4v) is 2.98. The number of ether oxygens (including phenoxy) is 1. The van der Waals surface area contributed by atoms with E-state index in [4.69, 9.17) is 10.5 Å². The number of amides is 1. The first-order chi connectivity index (χ1) is 13.0. The van der Waals surface area contributed by atoms with Crippen molar-refractivity contribution < 1.29 is 14.3 Å². The summed E-state index contributed by atoms with van der Waals surface area (Å²) in [6.45, 7) is 4.18. The van der Waals surface area contributed by atoms with Crippen LogP contribution in [-0.2, 0) is 14.3 Å². The third kappa shape index (κ3) is 18.0. The molecule has 0 aromatic carbocycles. The van der Waals surface area contributed by atoms with Crippen LogP contribution in [0.25, 0.3) is 0 Å². The van der Waals surface area contributed by atoms with Crippen molar-refractivity contribution in [2.75, 3.05) is 33.8 Å². The highest BCUT2D eigenvalue weighted by Crippen LogP contribution is 2.10. The lowest BCUT2D eigenvalue weighted by Gasteiger charge is -2.17. The van der Waals surface area contributed by atoms with E-state index in [2.05, 4.69) is 12.2 Å². The van der Waals surface area contributed by atoms with Crippen LogP contribution in [0.1, 0.15) is 84.0 Å². The minimum atomic E-state index is -0.625. The van der Waals surface area contributed by atoms with Gasteiger partial charge >= 0.3 is 5.97 Å². The number of unbranched alkanes of at least 4 members (excludes halogenated alkanes) is 9. The second-order valence-corrected chi connectivity index (χ2v) is 7.68. The van der Waals surface area contributed by atoms with Crippen molar-refractivity contribution in [3.05, 3.63) is 0 Å². The van der Waals surface area contributed by atoms with E-state index < -0.39 is 11.9 Å². The Kier molecular flexibility index (Phi) is 17.5. The van der Waals surface area contributed by atoms with Crippen LogP contribution in [-0.4, -0.2) is 56.6 Å². The molecule has 0 bridgehead atoms. The lowest BCUT2D eigenvalue weighted by molar-refractivity contribution is -0.147. The Morgan fingerprint density at radius 1 is 0.926 bits per heavy atom. The average Bonchev–Trinajstić information content (AvgIpc) is 2.61. The van der Waals surface area contributed by atoms with Gasteiger partial charge in [-0.3, -0.25) is 9.59 Å². The number of primary amides is 1. The van der Waals surface area contributed by atoms with Crippen LogP contribution < -0.4 is 11.1 Å². The molecule has 0 rings (SSSR count). The summed E-state index contributed by atoms with van der Waals surface area (Å²) in [6, 6.07) is -0.625. The molecule has 0 aliphatic rings. The monoisotopic (exact) mass is 385 g/mol. The number of nitrogens with two attached hydrogens (primary N) is 1. The Morgan fingerprint density at radius 3 is 2.00 bits per heavy atom. The molecule has 0 spiro atoms. The Balaban J connectivity index is 3.78. The number of carbonyl (C=O) groups excluding carboxylic acids is 2. The van der Waals surface area contributed by atoms with Gasteiger partial charge in [0.25, 0.3) is 0 Å². The zero-order chi connectivity index (χ0) is 20.3. The van der Waals surface area contributed by atoms with Gasteiger partial charge in [-0.15, -0.1) is 0 Å². The quantitative estimate of drug-likeness (QED) is 0.263. The topological polar surface area (TPSA) is 84.7 Å². The van der Waals surface area contributed by atoms with Gasteiger partial charge in [-0.25, -0.2) is 0 Å². The summed E-state index contributed by atoms with van der Waals surface area (Å²) in [4.78, 5) is 25.4. The van der Waals surface area contributed by atoms with Crippen molar-refractivity contribution in [3.8, 4) is 0 Å². The molecule has 6 nitrogen and oxygen atoms in total. The molecular weight excluding hydrogens is 342 g/mol. The van der Waals surface area contributed by atoms with Crippen LogP contribution in [0, 0.1) is 0 Å². The lowest BCUT2D eigenvalue weighted by Crippen LogP contribution is -2.41. The summed E-state index contributed by atoms with van der Waals surface area (Å²) in [6.07, 6.45) is 13.5. The highest BCUT2D eigenvalue weighted by Gasteiger charge is 2.21. The molecule has 0 aliphatic carbocycles. The third-order valence-corrected chi connectivity index (χ3v) is 4.60. The maximum absolute atomic E-state index is 12.1. The van der Waals surface area contributed by atoms with Gasteiger partial charge in [0, 0.05) is 6.54 Å². The van der Waals surface area contributed by atoms with E-state index in [0.717, 1.165) is 25.8 Å². The zero-order valence-corrected chi connectivity index (χ0v) is 17.9. The first-order valence-corrected chi connectivity index (χ1v) is 10.8. The maximum atomic E-state index is 12.1. The van der Waals surface area contributed by atoms with Crippen molar-refractivity contribution >= 4 is 11.9 Å². The summed E-state index contributed by atoms with van der Waals surface area (Å²) in [5.74, 6) is -0.861. The van der Waals surface area contributed by atoms with Gasteiger partial charge in [0.1, 0.15) is 6.04 Å². The molecule has 0 aromatic heterocycles. The highest BCUT2D eigenvalue weighted by molar-refractivity contribution is 5.84. The van der Waals surface area contributed by atoms with Crippen LogP contribution in [0.3, 0.4) is 0 Å². The van der Waals surface area contributed by atoms with Crippen LogP contribution in [0.5, 0.6) is 0 Å². The second kappa shape index (κ2) is 18.2. The fraction of sp³-hybridized carbons (Fsp3) is 0.905. The van der Waals surface area contributed by atoms with Crippen LogP contribution >= 0.6 is 0 Å². The predicted octanol–water partition coefficient (Wildman–Crippen LogP) is 3.24. The summed E-state index contributed by atoms with van der Waals surface area (Å²) < 4.78 is 5.27. The van der Waals surface area contributed by atoms with E-state index >= 15 is 0 Å². The van der Waals surface area contributed by atoms with Crippen LogP contribution in [0.15, 0.2) is 0 Å². The first kappa shape index (κ1) is 25.9. The van der Waals surface area contributed by atoms with Gasteiger partial charge in [0.15, 0.2) is 0 Å². The third-order valence-electron chi connectivity index (χ3n) is 4.60. The van der Waals surface area contributed by atoms with Crippen molar-refractivity contribution in [1.29, 1.82) is 0 Å². The number of nitrogens with one attached hydrogen (secondary N) is 1. The number of hydrogen-bond acceptors (Lipinski definition) is 5. The van der Waals surface area contributed by atoms with E-state index in [-0.39, 0.29) is 12.4 Å². The summed E-state index contributed by atoms with van der Waals surface area (Å²) in [5, 5.41) is 3.14. The van der Waals surface area contributed by atoms with Gasteiger partial charge in [-0.05, 0) is 33.5 Å². The van der Waals surface area contributed by atoms with Gasteiger partial charge in [0.05, 0.1) is 13.0 Å². The fourth-order valence-electron chi connectivity index (χ4n) is 2.98. The van der Waals surface area contributed by atoms with Gasteiger partial charge in [-0.1, -0.05) is 64.7 Å². The van der Waals surface area contributed by atoms with E-state index in [1.807, 2.05) is 19.0 Å². The van der Waals surface area contributed by atoms with Crippen molar-refractivity contribution in [1.82, 2.24) is 10.2 Å². The van der Waals surface area contributed by atoms with Gasteiger partial charge in [-0.2, -0.15) is 0 Å². The number of carbonyl (C=O) groups is 2. The normalized spacial score (nSPS) is 12.3. The van der Waals surface area contributed by atoms with E-state index in [9.17, 15) is 9.59 Å². The number of rotatable bonds is 19. The van der Waals surface area contributed by atoms with Crippen molar-refractivity contribution in [2.24, 2.45) is 5.73 Å². The molecule has 0 aromatic rings. The van der Waals surface area contributed by atoms with Crippen molar-refractivity contribution in [3.63, 3.8) is 0 Å². The summed E-state index contributed by atoms with van der Waals surface area (Å²) in [5.41, 5.74) is 5.26. The second-order valence-electron chi connectivity index (χ2n) is 7.68. The molecule has 0 fully saturated rings. The highest BCUT2D eigenvalue weighted by atomic mass is 16.5. The predicted molar refractivity (Wildman–Crippen MR) is 112 cm³/mol. The Bertz CT molecular complexity index is 376. The summed E-state index contributed by atoms with van der Waals surface area (Å²) in [7, 11) is 3.96. The number of hydrogen-bond donors (Lipinski definition) is 2.